The summed E-state index contributed by atoms with van der Waals surface area (Å²) >= 11 is 1.37. The average Bonchev–Trinajstić information content (AvgIpc) is 2.68. The number of anilines is 2. The van der Waals surface area contributed by atoms with Crippen molar-refractivity contribution < 1.29 is 18.0 Å². The lowest BCUT2D eigenvalue weighted by Crippen LogP contribution is -2.28. The predicted molar refractivity (Wildman–Crippen MR) is 116 cm³/mol. The number of benzene rings is 2. The van der Waals surface area contributed by atoms with Gasteiger partial charge in [0.15, 0.2) is 9.84 Å². The van der Waals surface area contributed by atoms with Crippen LogP contribution in [0.5, 0.6) is 0 Å². The fourth-order valence-corrected chi connectivity index (χ4v) is 5.43. The number of sulfone groups is 1. The van der Waals surface area contributed by atoms with Crippen LogP contribution in [0.3, 0.4) is 0 Å². The number of carbonyl (C=O) groups excluding carboxylic acids is 2. The zero-order valence-electron chi connectivity index (χ0n) is 16.6. The summed E-state index contributed by atoms with van der Waals surface area (Å²) in [5.74, 6) is -0.687. The van der Waals surface area contributed by atoms with Gasteiger partial charge in [-0.25, -0.2) is 8.42 Å². The summed E-state index contributed by atoms with van der Waals surface area (Å²) in [5, 5.41) is 5.36. The van der Waals surface area contributed by atoms with Crippen LogP contribution < -0.4 is 10.6 Å². The molecule has 0 spiro atoms. The van der Waals surface area contributed by atoms with Gasteiger partial charge in [-0.1, -0.05) is 19.1 Å². The first-order chi connectivity index (χ1) is 13.7. The largest absolute Gasteiger partial charge is 0.326 e. The quantitative estimate of drug-likeness (QED) is 0.722. The molecule has 2 aromatic rings. The first-order valence-electron chi connectivity index (χ1n) is 9.41. The fourth-order valence-electron chi connectivity index (χ4n) is 3.01. The van der Waals surface area contributed by atoms with Crippen molar-refractivity contribution in [3.05, 3.63) is 47.5 Å². The standard InChI is InChI=1S/C21H24N2O4S2/c1-4-18-21(25)23-16-8-7-15(12-19(16)28-18)29(26,27)10-9-20(24)22-17-11-13(2)5-6-14(17)3/h5-8,11-12,18H,4,9-10H2,1-3H3,(H,22,24)(H,23,25). The normalized spacial score (nSPS) is 16.1. The molecule has 8 heteroatoms. The molecule has 0 fully saturated rings. The van der Waals surface area contributed by atoms with E-state index in [1.807, 2.05) is 39.0 Å². The maximum atomic E-state index is 12.7. The van der Waals surface area contributed by atoms with Crippen molar-refractivity contribution in [1.82, 2.24) is 0 Å². The molecule has 0 saturated heterocycles. The molecule has 0 aromatic heterocycles. The number of aryl methyl sites for hydroxylation is 2. The Morgan fingerprint density at radius 3 is 2.66 bits per heavy atom. The monoisotopic (exact) mass is 432 g/mol. The van der Waals surface area contributed by atoms with Crippen molar-refractivity contribution in [2.45, 2.75) is 48.7 Å². The van der Waals surface area contributed by atoms with Gasteiger partial charge in [0.05, 0.1) is 21.6 Å². The minimum Gasteiger partial charge on any atom is -0.326 e. The third-order valence-corrected chi connectivity index (χ3v) is 7.90. The number of rotatable bonds is 6. The summed E-state index contributed by atoms with van der Waals surface area (Å²) in [5.41, 5.74) is 3.25. The number of hydrogen-bond acceptors (Lipinski definition) is 5. The Hall–Kier alpha value is -2.32. The van der Waals surface area contributed by atoms with E-state index in [0.717, 1.165) is 16.0 Å². The van der Waals surface area contributed by atoms with Gasteiger partial charge < -0.3 is 10.6 Å². The molecule has 0 bridgehead atoms. The first kappa shape index (κ1) is 21.4. The molecule has 1 aliphatic rings. The van der Waals surface area contributed by atoms with Gasteiger partial charge in [-0.05, 0) is 55.7 Å². The van der Waals surface area contributed by atoms with E-state index in [1.165, 1.54) is 17.8 Å². The maximum absolute atomic E-state index is 12.7. The van der Waals surface area contributed by atoms with Crippen molar-refractivity contribution in [2.24, 2.45) is 0 Å². The fraction of sp³-hybridized carbons (Fsp3) is 0.333. The van der Waals surface area contributed by atoms with E-state index in [9.17, 15) is 18.0 Å². The Morgan fingerprint density at radius 2 is 1.93 bits per heavy atom. The molecule has 1 atom stereocenters. The van der Waals surface area contributed by atoms with Crippen molar-refractivity contribution in [3.63, 3.8) is 0 Å². The third kappa shape index (κ3) is 5.00. The average molecular weight is 433 g/mol. The molecule has 0 saturated carbocycles. The van der Waals surface area contributed by atoms with Gasteiger partial charge in [-0.2, -0.15) is 0 Å². The smallest absolute Gasteiger partial charge is 0.237 e. The topological polar surface area (TPSA) is 92.3 Å². The molecular formula is C21H24N2O4S2. The van der Waals surface area contributed by atoms with Gasteiger partial charge in [0, 0.05) is 17.0 Å². The van der Waals surface area contributed by atoms with Crippen LogP contribution in [-0.4, -0.2) is 31.2 Å². The van der Waals surface area contributed by atoms with Crippen LogP contribution in [0.15, 0.2) is 46.2 Å². The minimum atomic E-state index is -3.62. The van der Waals surface area contributed by atoms with Crippen LogP contribution in [0, 0.1) is 13.8 Å². The van der Waals surface area contributed by atoms with Crippen molar-refractivity contribution in [3.8, 4) is 0 Å². The molecule has 2 amide bonds. The highest BCUT2D eigenvalue weighted by atomic mass is 32.2. The molecule has 1 unspecified atom stereocenters. The predicted octanol–water partition coefficient (Wildman–Crippen LogP) is 3.93. The highest BCUT2D eigenvalue weighted by molar-refractivity contribution is 8.01. The van der Waals surface area contributed by atoms with E-state index in [-0.39, 0.29) is 34.1 Å². The Kier molecular flexibility index (Phi) is 6.33. The third-order valence-electron chi connectivity index (χ3n) is 4.77. The molecule has 1 aliphatic heterocycles. The minimum absolute atomic E-state index is 0.0660. The summed E-state index contributed by atoms with van der Waals surface area (Å²) in [6, 6.07) is 10.4. The SMILES string of the molecule is CCC1Sc2cc(S(=O)(=O)CCC(=O)Nc3cc(C)ccc3C)ccc2NC1=O. The van der Waals surface area contributed by atoms with Gasteiger partial charge >= 0.3 is 0 Å². The Morgan fingerprint density at radius 1 is 1.17 bits per heavy atom. The number of thioether (sulfide) groups is 1. The summed E-state index contributed by atoms with van der Waals surface area (Å²) in [6.45, 7) is 5.73. The molecule has 0 aliphatic carbocycles. The van der Waals surface area contributed by atoms with E-state index in [4.69, 9.17) is 0 Å². The van der Waals surface area contributed by atoms with Crippen LogP contribution in [0.2, 0.25) is 0 Å². The Bertz CT molecular complexity index is 1060. The molecular weight excluding hydrogens is 408 g/mol. The number of amides is 2. The summed E-state index contributed by atoms with van der Waals surface area (Å²) < 4.78 is 25.5. The van der Waals surface area contributed by atoms with Gasteiger partial charge in [-0.3, -0.25) is 9.59 Å². The first-order valence-corrected chi connectivity index (χ1v) is 11.9. The molecule has 29 heavy (non-hydrogen) atoms. The van der Waals surface area contributed by atoms with Gasteiger partial charge in [-0.15, -0.1) is 11.8 Å². The summed E-state index contributed by atoms with van der Waals surface area (Å²) in [4.78, 5) is 25.1. The van der Waals surface area contributed by atoms with Gasteiger partial charge in [0.1, 0.15) is 0 Å². The van der Waals surface area contributed by atoms with Crippen LogP contribution >= 0.6 is 11.8 Å². The molecule has 6 nitrogen and oxygen atoms in total. The summed E-state index contributed by atoms with van der Waals surface area (Å²) in [7, 11) is -3.62. The van der Waals surface area contributed by atoms with Crippen molar-refractivity contribution in [2.75, 3.05) is 16.4 Å². The second-order valence-corrected chi connectivity index (χ2v) is 10.5. The molecule has 1 heterocycles. The Balaban J connectivity index is 1.69. The molecule has 3 rings (SSSR count). The zero-order chi connectivity index (χ0) is 21.2. The molecule has 2 N–H and O–H groups in total. The lowest BCUT2D eigenvalue weighted by molar-refractivity contribution is -0.116. The summed E-state index contributed by atoms with van der Waals surface area (Å²) in [6.07, 6.45) is 0.528. The number of nitrogens with one attached hydrogen (secondary N) is 2. The zero-order valence-corrected chi connectivity index (χ0v) is 18.2. The van der Waals surface area contributed by atoms with E-state index in [2.05, 4.69) is 10.6 Å². The van der Waals surface area contributed by atoms with E-state index in [0.29, 0.717) is 17.8 Å². The molecule has 0 radical (unpaired) electrons. The molecule has 154 valence electrons. The van der Waals surface area contributed by atoms with Gasteiger partial charge in [0.25, 0.3) is 0 Å². The van der Waals surface area contributed by atoms with Gasteiger partial charge in [0.2, 0.25) is 11.8 Å². The maximum Gasteiger partial charge on any atom is 0.237 e. The highest BCUT2D eigenvalue weighted by Crippen LogP contribution is 2.38. The Labute approximate surface area is 175 Å². The number of hydrogen-bond donors (Lipinski definition) is 2. The van der Waals surface area contributed by atoms with Crippen molar-refractivity contribution in [1.29, 1.82) is 0 Å². The van der Waals surface area contributed by atoms with Crippen LogP contribution in [0.25, 0.3) is 0 Å². The number of fused-ring (bicyclic) bond motifs is 1. The second-order valence-electron chi connectivity index (χ2n) is 7.10. The van der Waals surface area contributed by atoms with E-state index >= 15 is 0 Å². The van der Waals surface area contributed by atoms with E-state index in [1.54, 1.807) is 12.1 Å². The lowest BCUT2D eigenvalue weighted by Gasteiger charge is -2.23. The van der Waals surface area contributed by atoms with Crippen LogP contribution in [-0.2, 0) is 19.4 Å². The molecule has 2 aromatic carbocycles. The second kappa shape index (κ2) is 8.59. The highest BCUT2D eigenvalue weighted by Gasteiger charge is 2.27. The van der Waals surface area contributed by atoms with Crippen LogP contribution in [0.1, 0.15) is 30.9 Å². The van der Waals surface area contributed by atoms with E-state index < -0.39 is 9.84 Å². The van der Waals surface area contributed by atoms with Crippen molar-refractivity contribution >= 4 is 44.8 Å². The number of carbonyl (C=O) groups is 2. The van der Waals surface area contributed by atoms with Crippen LogP contribution in [0.4, 0.5) is 11.4 Å². The lowest BCUT2D eigenvalue weighted by atomic mass is 10.1.